The predicted molar refractivity (Wildman–Crippen MR) is 52.7 cm³/mol. The Morgan fingerprint density at radius 3 is 2.77 bits per heavy atom. The molecule has 0 aromatic carbocycles. The topological polar surface area (TPSA) is 44.5 Å². The van der Waals surface area contributed by atoms with Crippen LogP contribution in [0.2, 0.25) is 0 Å². The van der Waals surface area contributed by atoms with Gasteiger partial charge in [0.05, 0.1) is 12.2 Å². The molecule has 3 nitrogen and oxygen atoms in total. The molecule has 0 saturated heterocycles. The minimum atomic E-state index is 0.255. The van der Waals surface area contributed by atoms with Gasteiger partial charge in [0.2, 0.25) is 0 Å². The summed E-state index contributed by atoms with van der Waals surface area (Å²) in [5.74, 6) is 0. The fourth-order valence-corrected chi connectivity index (χ4v) is 1.77. The van der Waals surface area contributed by atoms with Gasteiger partial charge in [0, 0.05) is 19.8 Å². The average Bonchev–Trinajstić information content (AvgIpc) is 2.48. The Bertz CT molecular complexity index is 141. The molecule has 3 unspecified atom stereocenters. The molecule has 3 atom stereocenters. The van der Waals surface area contributed by atoms with E-state index in [2.05, 4.69) is 6.92 Å². The van der Waals surface area contributed by atoms with Crippen LogP contribution in [0.1, 0.15) is 32.6 Å². The van der Waals surface area contributed by atoms with E-state index in [1.54, 1.807) is 7.11 Å². The third kappa shape index (κ3) is 3.63. The molecule has 0 bridgehead atoms. The van der Waals surface area contributed by atoms with Gasteiger partial charge in [-0.05, 0) is 32.6 Å². The molecule has 0 aliphatic heterocycles. The van der Waals surface area contributed by atoms with Gasteiger partial charge < -0.3 is 15.2 Å². The first kappa shape index (κ1) is 11.0. The zero-order chi connectivity index (χ0) is 9.68. The molecule has 78 valence electrons. The van der Waals surface area contributed by atoms with Gasteiger partial charge in [-0.25, -0.2) is 0 Å². The maximum absolute atomic E-state index is 5.90. The first-order valence-corrected chi connectivity index (χ1v) is 5.14. The maximum atomic E-state index is 5.90. The molecule has 0 amide bonds. The van der Waals surface area contributed by atoms with E-state index in [1.807, 2.05) is 0 Å². The standard InChI is InChI=1S/C10H21NO2/c1-8(6-7-12-2)13-10-5-3-4-9(10)11/h8-10H,3-7,11H2,1-2H3. The van der Waals surface area contributed by atoms with Crippen LogP contribution in [0.25, 0.3) is 0 Å². The number of ether oxygens (including phenoxy) is 2. The summed E-state index contributed by atoms with van der Waals surface area (Å²) >= 11 is 0. The van der Waals surface area contributed by atoms with Crippen LogP contribution in [0.15, 0.2) is 0 Å². The van der Waals surface area contributed by atoms with E-state index in [9.17, 15) is 0 Å². The van der Waals surface area contributed by atoms with Gasteiger partial charge in [0.15, 0.2) is 0 Å². The summed E-state index contributed by atoms with van der Waals surface area (Å²) in [6.45, 7) is 2.85. The summed E-state index contributed by atoms with van der Waals surface area (Å²) in [6.07, 6.45) is 4.96. The Morgan fingerprint density at radius 1 is 1.46 bits per heavy atom. The fraction of sp³-hybridized carbons (Fsp3) is 1.00. The first-order chi connectivity index (χ1) is 6.24. The van der Waals surface area contributed by atoms with Crippen molar-refractivity contribution in [2.45, 2.75) is 50.9 Å². The second-order valence-corrected chi connectivity index (χ2v) is 3.86. The molecule has 0 heterocycles. The van der Waals surface area contributed by atoms with Crippen LogP contribution in [0.4, 0.5) is 0 Å². The Balaban J connectivity index is 2.15. The Hall–Kier alpha value is -0.120. The third-order valence-electron chi connectivity index (χ3n) is 2.64. The monoisotopic (exact) mass is 187 g/mol. The fourth-order valence-electron chi connectivity index (χ4n) is 1.77. The van der Waals surface area contributed by atoms with E-state index in [1.165, 1.54) is 6.42 Å². The van der Waals surface area contributed by atoms with Crippen molar-refractivity contribution in [3.8, 4) is 0 Å². The highest BCUT2D eigenvalue weighted by atomic mass is 16.5. The normalized spacial score (nSPS) is 30.7. The van der Waals surface area contributed by atoms with Gasteiger partial charge in [-0.15, -0.1) is 0 Å². The van der Waals surface area contributed by atoms with Crippen LogP contribution in [-0.4, -0.2) is 32.0 Å². The third-order valence-corrected chi connectivity index (χ3v) is 2.64. The zero-order valence-electron chi connectivity index (χ0n) is 8.66. The minimum absolute atomic E-state index is 0.255. The molecule has 1 aliphatic carbocycles. The van der Waals surface area contributed by atoms with Crippen LogP contribution in [-0.2, 0) is 9.47 Å². The van der Waals surface area contributed by atoms with Crippen molar-refractivity contribution >= 4 is 0 Å². The van der Waals surface area contributed by atoms with Crippen molar-refractivity contribution in [1.29, 1.82) is 0 Å². The lowest BCUT2D eigenvalue weighted by molar-refractivity contribution is -0.0193. The van der Waals surface area contributed by atoms with Crippen LogP contribution in [0.3, 0.4) is 0 Å². The van der Waals surface area contributed by atoms with Crippen molar-refractivity contribution in [3.05, 3.63) is 0 Å². The van der Waals surface area contributed by atoms with Crippen molar-refractivity contribution < 1.29 is 9.47 Å². The highest BCUT2D eigenvalue weighted by Crippen LogP contribution is 2.22. The predicted octanol–water partition coefficient (Wildman–Crippen LogP) is 1.31. The van der Waals surface area contributed by atoms with Gasteiger partial charge in [-0.3, -0.25) is 0 Å². The molecule has 0 radical (unpaired) electrons. The molecule has 0 spiro atoms. The average molecular weight is 187 g/mol. The summed E-state index contributed by atoms with van der Waals surface area (Å²) in [4.78, 5) is 0. The molecule has 13 heavy (non-hydrogen) atoms. The molecule has 1 fully saturated rings. The molecule has 2 N–H and O–H groups in total. The molecule has 1 aliphatic rings. The van der Waals surface area contributed by atoms with E-state index in [-0.39, 0.29) is 18.2 Å². The quantitative estimate of drug-likeness (QED) is 0.705. The van der Waals surface area contributed by atoms with E-state index in [0.717, 1.165) is 25.9 Å². The summed E-state index contributed by atoms with van der Waals surface area (Å²) in [6, 6.07) is 0.255. The van der Waals surface area contributed by atoms with Crippen molar-refractivity contribution in [3.63, 3.8) is 0 Å². The largest absolute Gasteiger partial charge is 0.385 e. The van der Waals surface area contributed by atoms with Crippen molar-refractivity contribution in [2.24, 2.45) is 5.73 Å². The molecule has 0 aromatic heterocycles. The van der Waals surface area contributed by atoms with E-state index in [0.29, 0.717) is 0 Å². The number of rotatable bonds is 5. The van der Waals surface area contributed by atoms with Gasteiger partial charge in [-0.2, -0.15) is 0 Å². The molecule has 0 aromatic rings. The summed E-state index contributed by atoms with van der Waals surface area (Å²) in [5.41, 5.74) is 5.90. The number of methoxy groups -OCH3 is 1. The minimum Gasteiger partial charge on any atom is -0.385 e. The zero-order valence-corrected chi connectivity index (χ0v) is 8.66. The lowest BCUT2D eigenvalue weighted by atomic mass is 10.2. The Kier molecular flexibility index (Phi) is 4.70. The van der Waals surface area contributed by atoms with Crippen LogP contribution in [0.5, 0.6) is 0 Å². The molecular weight excluding hydrogens is 166 g/mol. The second-order valence-electron chi connectivity index (χ2n) is 3.86. The highest BCUT2D eigenvalue weighted by Gasteiger charge is 2.25. The first-order valence-electron chi connectivity index (χ1n) is 5.14. The summed E-state index contributed by atoms with van der Waals surface area (Å²) in [5, 5.41) is 0. The number of hydrogen-bond acceptors (Lipinski definition) is 3. The number of nitrogens with two attached hydrogens (primary N) is 1. The Morgan fingerprint density at radius 2 is 2.23 bits per heavy atom. The van der Waals surface area contributed by atoms with Crippen LogP contribution >= 0.6 is 0 Å². The molecule has 1 saturated carbocycles. The van der Waals surface area contributed by atoms with E-state index in [4.69, 9.17) is 15.2 Å². The lowest BCUT2D eigenvalue weighted by Crippen LogP contribution is -2.34. The smallest absolute Gasteiger partial charge is 0.0729 e. The van der Waals surface area contributed by atoms with Gasteiger partial charge in [-0.1, -0.05) is 0 Å². The molecule has 1 rings (SSSR count). The van der Waals surface area contributed by atoms with Crippen molar-refractivity contribution in [2.75, 3.05) is 13.7 Å². The van der Waals surface area contributed by atoms with Gasteiger partial charge in [0.1, 0.15) is 0 Å². The van der Waals surface area contributed by atoms with Gasteiger partial charge >= 0.3 is 0 Å². The summed E-state index contributed by atoms with van der Waals surface area (Å²) < 4.78 is 10.8. The van der Waals surface area contributed by atoms with Gasteiger partial charge in [0.25, 0.3) is 0 Å². The van der Waals surface area contributed by atoms with Crippen molar-refractivity contribution in [1.82, 2.24) is 0 Å². The SMILES string of the molecule is COCCC(C)OC1CCCC1N. The molecular formula is C10H21NO2. The maximum Gasteiger partial charge on any atom is 0.0729 e. The number of hydrogen-bond donors (Lipinski definition) is 1. The van der Waals surface area contributed by atoms with E-state index >= 15 is 0 Å². The van der Waals surface area contributed by atoms with E-state index < -0.39 is 0 Å². The molecule has 3 heteroatoms. The highest BCUT2D eigenvalue weighted by molar-refractivity contribution is 4.81. The van der Waals surface area contributed by atoms with Crippen LogP contribution < -0.4 is 5.73 Å². The Labute approximate surface area is 80.6 Å². The lowest BCUT2D eigenvalue weighted by Gasteiger charge is -2.21. The van der Waals surface area contributed by atoms with Crippen LogP contribution in [0, 0.1) is 0 Å². The second kappa shape index (κ2) is 5.58. The summed E-state index contributed by atoms with van der Waals surface area (Å²) in [7, 11) is 1.72.